The van der Waals surface area contributed by atoms with E-state index < -0.39 is 97.5 Å². The quantitative estimate of drug-likeness (QED) is 0.0222. The number of ether oxygens (including phenoxy) is 4. The standard InChI is InChI=1S/C78H152O17P2/c1-7-10-12-14-16-18-20-21-22-23-27-30-34-37-41-48-54-60-75(80)88-66-73(94-78(83)63-57-51-43-39-35-31-28-25-24-26-29-33-36-40-46-52-58-70(4)5)68-92-96(84,85)90-64-72(79)65-91-97(86,87)93-69-74(67-89-76(81)61-55-49-45-44-47-53-59-71(6)9-3)95-77(82)62-56-50-42-38-32-19-17-15-13-11-8-2/h70-74,79H,7-69H2,1-6H3,(H,84,85)(H,86,87)/t71?,72-,73-,74-/m1/s1. The molecular formula is C78H152O17P2. The Morgan fingerprint density at radius 3 is 0.784 bits per heavy atom. The number of hydrogen-bond donors (Lipinski definition) is 3. The molecule has 0 amide bonds. The van der Waals surface area contributed by atoms with Crippen LogP contribution in [0, 0.1) is 11.8 Å². The lowest BCUT2D eigenvalue weighted by molar-refractivity contribution is -0.161. The van der Waals surface area contributed by atoms with E-state index in [9.17, 15) is 43.2 Å². The van der Waals surface area contributed by atoms with Crippen molar-refractivity contribution in [3.63, 3.8) is 0 Å². The zero-order valence-corrected chi connectivity index (χ0v) is 65.2. The van der Waals surface area contributed by atoms with Crippen molar-refractivity contribution >= 4 is 39.5 Å². The molecule has 3 unspecified atom stereocenters. The number of esters is 4. The number of aliphatic hydroxyl groups is 1. The third-order valence-corrected chi connectivity index (χ3v) is 20.5. The highest BCUT2D eigenvalue weighted by molar-refractivity contribution is 7.47. The van der Waals surface area contributed by atoms with E-state index in [-0.39, 0.29) is 25.7 Å². The van der Waals surface area contributed by atoms with Crippen LogP contribution in [0.25, 0.3) is 0 Å². The van der Waals surface area contributed by atoms with Gasteiger partial charge < -0.3 is 33.8 Å². The summed E-state index contributed by atoms with van der Waals surface area (Å²) in [6.07, 6.45) is 58.3. The molecule has 0 bridgehead atoms. The highest BCUT2D eigenvalue weighted by Crippen LogP contribution is 2.45. The first-order valence-corrected chi connectivity index (χ1v) is 43.5. The van der Waals surface area contributed by atoms with E-state index in [2.05, 4.69) is 41.5 Å². The van der Waals surface area contributed by atoms with Gasteiger partial charge in [-0.15, -0.1) is 0 Å². The van der Waals surface area contributed by atoms with Gasteiger partial charge in [-0.3, -0.25) is 37.3 Å². The average molecular weight is 1420 g/mol. The minimum Gasteiger partial charge on any atom is -0.462 e. The first-order valence-electron chi connectivity index (χ1n) is 40.5. The van der Waals surface area contributed by atoms with E-state index in [4.69, 9.17) is 37.0 Å². The number of aliphatic hydroxyl groups excluding tert-OH is 1. The van der Waals surface area contributed by atoms with Crippen LogP contribution in [0.15, 0.2) is 0 Å². The summed E-state index contributed by atoms with van der Waals surface area (Å²) < 4.78 is 68.6. The van der Waals surface area contributed by atoms with Crippen molar-refractivity contribution in [1.29, 1.82) is 0 Å². The fourth-order valence-corrected chi connectivity index (χ4v) is 13.6. The monoisotopic (exact) mass is 1420 g/mol. The van der Waals surface area contributed by atoms with Crippen molar-refractivity contribution < 1.29 is 80.2 Å². The summed E-state index contributed by atoms with van der Waals surface area (Å²) in [6, 6.07) is 0. The van der Waals surface area contributed by atoms with Gasteiger partial charge in [-0.25, -0.2) is 9.13 Å². The Bertz CT molecular complexity index is 1870. The van der Waals surface area contributed by atoms with Crippen molar-refractivity contribution in [2.24, 2.45) is 11.8 Å². The van der Waals surface area contributed by atoms with Gasteiger partial charge in [0.1, 0.15) is 19.3 Å². The SMILES string of the molecule is CCCCCCCCCCCCCCCCCCCC(=O)OC[C@H](COP(=O)(O)OC[C@@H](O)COP(=O)(O)OC[C@@H](COC(=O)CCCCCCCCC(C)CC)OC(=O)CCCCCCCCCCCCC)OC(=O)CCCCCCCCCCCCCCCCCCC(C)C. The molecule has 97 heavy (non-hydrogen) atoms. The van der Waals surface area contributed by atoms with Crippen molar-refractivity contribution in [1.82, 2.24) is 0 Å². The maximum absolute atomic E-state index is 13.1. The van der Waals surface area contributed by atoms with E-state index in [1.807, 2.05) is 0 Å². The van der Waals surface area contributed by atoms with Crippen LogP contribution in [0.1, 0.15) is 408 Å². The zero-order chi connectivity index (χ0) is 71.4. The molecule has 0 saturated heterocycles. The number of hydrogen-bond acceptors (Lipinski definition) is 15. The van der Waals surface area contributed by atoms with Crippen LogP contribution < -0.4 is 0 Å². The summed E-state index contributed by atoms with van der Waals surface area (Å²) in [5.74, 6) is -0.573. The van der Waals surface area contributed by atoms with Crippen LogP contribution in [-0.2, 0) is 65.4 Å². The number of carbonyl (C=O) groups is 4. The second kappa shape index (κ2) is 69.8. The molecule has 0 aliphatic rings. The predicted molar refractivity (Wildman–Crippen MR) is 395 cm³/mol. The van der Waals surface area contributed by atoms with Crippen LogP contribution >= 0.6 is 15.6 Å². The van der Waals surface area contributed by atoms with Crippen LogP contribution in [0.4, 0.5) is 0 Å². The van der Waals surface area contributed by atoms with Gasteiger partial charge in [0.15, 0.2) is 12.2 Å². The second-order valence-corrected chi connectivity index (χ2v) is 31.7. The number of carbonyl (C=O) groups excluding carboxylic acids is 4. The van der Waals surface area contributed by atoms with Gasteiger partial charge in [-0.05, 0) is 37.5 Å². The largest absolute Gasteiger partial charge is 0.472 e. The number of rotatable bonds is 77. The number of unbranched alkanes of at least 4 members (excludes halogenated alkanes) is 46. The first-order chi connectivity index (χ1) is 46.9. The lowest BCUT2D eigenvalue weighted by atomic mass is 10.00. The van der Waals surface area contributed by atoms with Crippen LogP contribution in [0.2, 0.25) is 0 Å². The Kier molecular flexibility index (Phi) is 68.4. The molecule has 0 spiro atoms. The van der Waals surface area contributed by atoms with E-state index in [0.717, 1.165) is 108 Å². The fraction of sp³-hybridized carbons (Fsp3) is 0.949. The van der Waals surface area contributed by atoms with Gasteiger partial charge >= 0.3 is 39.5 Å². The first kappa shape index (κ1) is 95.1. The van der Waals surface area contributed by atoms with Gasteiger partial charge in [0.05, 0.1) is 26.4 Å². The topological polar surface area (TPSA) is 237 Å². The lowest BCUT2D eigenvalue weighted by Crippen LogP contribution is -2.30. The highest BCUT2D eigenvalue weighted by Gasteiger charge is 2.30. The molecule has 19 heteroatoms. The van der Waals surface area contributed by atoms with E-state index in [1.54, 1.807) is 0 Å². The highest BCUT2D eigenvalue weighted by atomic mass is 31.2. The van der Waals surface area contributed by atoms with Crippen molar-refractivity contribution in [3.05, 3.63) is 0 Å². The van der Waals surface area contributed by atoms with Crippen molar-refractivity contribution in [3.8, 4) is 0 Å². The van der Waals surface area contributed by atoms with E-state index in [1.165, 1.54) is 218 Å². The summed E-state index contributed by atoms with van der Waals surface area (Å²) in [5.41, 5.74) is 0. The average Bonchev–Trinajstić information content (AvgIpc) is 1.48. The minimum absolute atomic E-state index is 0.106. The number of phosphoric ester groups is 2. The molecular weight excluding hydrogens is 1270 g/mol. The lowest BCUT2D eigenvalue weighted by Gasteiger charge is -2.21. The molecule has 0 heterocycles. The Morgan fingerprint density at radius 2 is 0.526 bits per heavy atom. The normalized spacial score (nSPS) is 14.2. The molecule has 0 aliphatic heterocycles. The summed E-state index contributed by atoms with van der Waals surface area (Å²) >= 11 is 0. The Balaban J connectivity index is 5.22. The van der Waals surface area contributed by atoms with Crippen LogP contribution in [-0.4, -0.2) is 96.7 Å². The Morgan fingerprint density at radius 1 is 0.299 bits per heavy atom. The molecule has 0 aromatic carbocycles. The summed E-state index contributed by atoms with van der Waals surface area (Å²) in [4.78, 5) is 72.9. The van der Waals surface area contributed by atoms with Gasteiger partial charge in [0.2, 0.25) is 0 Å². The number of phosphoric acid groups is 2. The zero-order valence-electron chi connectivity index (χ0n) is 63.4. The van der Waals surface area contributed by atoms with Gasteiger partial charge in [0.25, 0.3) is 0 Å². The molecule has 6 atom stereocenters. The molecule has 0 radical (unpaired) electrons. The molecule has 0 aromatic heterocycles. The maximum Gasteiger partial charge on any atom is 0.472 e. The molecule has 0 aromatic rings. The summed E-state index contributed by atoms with van der Waals surface area (Å²) in [5, 5.41) is 10.6. The summed E-state index contributed by atoms with van der Waals surface area (Å²) in [7, 11) is -9.91. The molecule has 3 N–H and O–H groups in total. The Labute approximate surface area is 594 Å². The molecule has 0 aliphatic carbocycles. The third kappa shape index (κ3) is 70.9. The predicted octanol–water partition coefficient (Wildman–Crippen LogP) is 23.1. The van der Waals surface area contributed by atoms with Gasteiger partial charge in [0, 0.05) is 25.7 Å². The van der Waals surface area contributed by atoms with Crippen LogP contribution in [0.3, 0.4) is 0 Å². The second-order valence-electron chi connectivity index (χ2n) is 28.8. The molecule has 576 valence electrons. The fourth-order valence-electron chi connectivity index (χ4n) is 12.0. The van der Waals surface area contributed by atoms with E-state index in [0.29, 0.717) is 25.7 Å². The smallest absolute Gasteiger partial charge is 0.462 e. The maximum atomic E-state index is 13.1. The van der Waals surface area contributed by atoms with E-state index >= 15 is 0 Å². The van der Waals surface area contributed by atoms with Crippen molar-refractivity contribution in [2.45, 2.75) is 426 Å². The third-order valence-electron chi connectivity index (χ3n) is 18.6. The Hall–Kier alpha value is -1.94. The molecule has 0 saturated carbocycles. The van der Waals surface area contributed by atoms with Crippen molar-refractivity contribution in [2.75, 3.05) is 39.6 Å². The minimum atomic E-state index is -4.96. The summed E-state index contributed by atoms with van der Waals surface area (Å²) in [6.45, 7) is 9.60. The molecule has 0 rings (SSSR count). The molecule has 17 nitrogen and oxygen atoms in total. The molecule has 0 fully saturated rings. The van der Waals surface area contributed by atoms with Gasteiger partial charge in [-0.1, -0.05) is 356 Å². The van der Waals surface area contributed by atoms with Crippen LogP contribution in [0.5, 0.6) is 0 Å². The van der Waals surface area contributed by atoms with Gasteiger partial charge in [-0.2, -0.15) is 0 Å².